The van der Waals surface area contributed by atoms with Crippen molar-refractivity contribution in [1.29, 1.82) is 0 Å². The van der Waals surface area contributed by atoms with Crippen LogP contribution in [0.15, 0.2) is 48.6 Å². The van der Waals surface area contributed by atoms with E-state index in [1.807, 2.05) is 0 Å². The van der Waals surface area contributed by atoms with Crippen molar-refractivity contribution >= 4 is 0 Å². The zero-order valence-corrected chi connectivity index (χ0v) is 33.8. The molecule has 288 valence electrons. The average Bonchev–Trinajstić information content (AvgIpc) is 3.10. The maximum atomic E-state index is 6.38. The first-order chi connectivity index (χ1) is 24.1. The van der Waals surface area contributed by atoms with Crippen LogP contribution in [0.25, 0.3) is 0 Å². The summed E-state index contributed by atoms with van der Waals surface area (Å²) in [5.41, 5.74) is 0. The highest BCUT2D eigenvalue weighted by molar-refractivity contribution is 4.93. The van der Waals surface area contributed by atoms with E-state index >= 15 is 0 Å². The van der Waals surface area contributed by atoms with Crippen molar-refractivity contribution in [1.82, 2.24) is 9.80 Å². The Bertz CT molecular complexity index is 744. The van der Waals surface area contributed by atoms with Crippen LogP contribution in [-0.2, 0) is 9.47 Å². The molecular weight excluding hydrogens is 601 g/mol. The number of unbranched alkanes of at least 4 members (excludes halogenated alkanes) is 18. The van der Waals surface area contributed by atoms with Gasteiger partial charge in [-0.2, -0.15) is 0 Å². The molecule has 0 aliphatic heterocycles. The second kappa shape index (κ2) is 41.2. The van der Waals surface area contributed by atoms with Gasteiger partial charge in [-0.25, -0.2) is 0 Å². The second-order valence-corrected chi connectivity index (χ2v) is 14.6. The van der Waals surface area contributed by atoms with Gasteiger partial charge in [-0.1, -0.05) is 140 Å². The van der Waals surface area contributed by atoms with Gasteiger partial charge in [0.2, 0.25) is 0 Å². The summed E-state index contributed by atoms with van der Waals surface area (Å²) in [5.74, 6) is 0. The molecule has 0 rings (SSSR count). The average molecular weight is 687 g/mol. The molecule has 0 radical (unpaired) electrons. The van der Waals surface area contributed by atoms with Gasteiger partial charge in [0.1, 0.15) is 0 Å². The van der Waals surface area contributed by atoms with Gasteiger partial charge < -0.3 is 19.3 Å². The molecule has 0 N–H and O–H groups in total. The largest absolute Gasteiger partial charge is 0.379 e. The number of likely N-dealkylation sites (N-methyl/N-ethyl adjacent to an activating group) is 2. The molecule has 4 nitrogen and oxygen atoms in total. The lowest BCUT2D eigenvalue weighted by Gasteiger charge is -2.23. The molecule has 0 saturated carbocycles. The van der Waals surface area contributed by atoms with E-state index in [4.69, 9.17) is 9.47 Å². The highest BCUT2D eigenvalue weighted by Crippen LogP contribution is 2.11. The molecule has 0 amide bonds. The quantitative estimate of drug-likeness (QED) is 0.0475. The van der Waals surface area contributed by atoms with Crippen LogP contribution >= 0.6 is 0 Å². The highest BCUT2D eigenvalue weighted by Gasteiger charge is 2.11. The van der Waals surface area contributed by atoms with E-state index in [-0.39, 0.29) is 6.10 Å². The number of ether oxygens (including phenoxy) is 2. The lowest BCUT2D eigenvalue weighted by molar-refractivity contribution is -0.0255. The van der Waals surface area contributed by atoms with Gasteiger partial charge in [0, 0.05) is 32.8 Å². The third kappa shape index (κ3) is 41.1. The summed E-state index contributed by atoms with van der Waals surface area (Å²) in [6.45, 7) is 10.3. The van der Waals surface area contributed by atoms with Gasteiger partial charge in [0.25, 0.3) is 0 Å². The Morgan fingerprint density at radius 2 is 0.878 bits per heavy atom. The Balaban J connectivity index is 3.94. The van der Waals surface area contributed by atoms with E-state index in [1.54, 1.807) is 0 Å². The van der Waals surface area contributed by atoms with Gasteiger partial charge in [0.05, 0.1) is 12.7 Å². The summed E-state index contributed by atoms with van der Waals surface area (Å²) in [6, 6.07) is 0. The van der Waals surface area contributed by atoms with E-state index in [9.17, 15) is 0 Å². The van der Waals surface area contributed by atoms with Crippen molar-refractivity contribution in [2.75, 3.05) is 60.6 Å². The molecule has 0 heterocycles. The molecule has 0 spiro atoms. The molecule has 1 unspecified atom stereocenters. The number of hydrogen-bond donors (Lipinski definition) is 0. The zero-order chi connectivity index (χ0) is 35.7. The van der Waals surface area contributed by atoms with Crippen LogP contribution in [-0.4, -0.2) is 76.5 Å². The number of nitrogens with zero attached hydrogens (tertiary/aromatic N) is 2. The lowest BCUT2D eigenvalue weighted by Crippen LogP contribution is -2.32. The van der Waals surface area contributed by atoms with Crippen molar-refractivity contribution in [2.24, 2.45) is 0 Å². The van der Waals surface area contributed by atoms with Gasteiger partial charge in [-0.15, -0.1) is 0 Å². The first-order valence-corrected chi connectivity index (χ1v) is 21.2. The van der Waals surface area contributed by atoms with E-state index in [0.717, 1.165) is 58.7 Å². The summed E-state index contributed by atoms with van der Waals surface area (Å²) < 4.78 is 12.5. The number of hydrogen-bond acceptors (Lipinski definition) is 4. The van der Waals surface area contributed by atoms with Crippen LogP contribution in [0.1, 0.15) is 174 Å². The topological polar surface area (TPSA) is 24.9 Å². The van der Waals surface area contributed by atoms with Crippen LogP contribution in [0.2, 0.25) is 0 Å². The summed E-state index contributed by atoms with van der Waals surface area (Å²) in [4.78, 5) is 4.69. The third-order valence-electron chi connectivity index (χ3n) is 9.25. The summed E-state index contributed by atoms with van der Waals surface area (Å²) in [7, 11) is 6.52. The predicted molar refractivity (Wildman–Crippen MR) is 220 cm³/mol. The van der Waals surface area contributed by atoms with E-state index in [1.165, 1.54) is 141 Å². The minimum Gasteiger partial charge on any atom is -0.379 e. The standard InChI is InChI=1S/C45H86N2O2/c1-6-8-10-12-14-16-18-20-22-24-26-28-30-32-34-36-42-48-44-45(38-39-47(5)41-40-46(3)4)49-43-37-35-33-31-29-27-25-23-21-19-17-15-13-11-9-7-2/h14-17,20-23,45H,6-13,18-19,24-44H2,1-5H3/b16-14-,17-15-,22-20-,23-21-. The molecule has 4 heteroatoms. The normalized spacial score (nSPS) is 13.2. The Morgan fingerprint density at radius 1 is 0.449 bits per heavy atom. The Kier molecular flexibility index (Phi) is 40.2. The van der Waals surface area contributed by atoms with Crippen LogP contribution in [0.5, 0.6) is 0 Å². The second-order valence-electron chi connectivity index (χ2n) is 14.6. The number of allylic oxidation sites excluding steroid dienone is 8. The Hall–Kier alpha value is -1.20. The van der Waals surface area contributed by atoms with Crippen LogP contribution < -0.4 is 0 Å². The third-order valence-corrected chi connectivity index (χ3v) is 9.25. The van der Waals surface area contributed by atoms with Crippen molar-refractivity contribution in [2.45, 2.75) is 180 Å². The molecule has 0 fully saturated rings. The molecule has 49 heavy (non-hydrogen) atoms. The number of rotatable bonds is 39. The minimum atomic E-state index is 0.212. The molecule has 0 saturated heterocycles. The molecule has 0 aromatic heterocycles. The van der Waals surface area contributed by atoms with E-state index in [0.29, 0.717) is 0 Å². The molecule has 0 aliphatic carbocycles. The summed E-state index contributed by atoms with van der Waals surface area (Å²) >= 11 is 0. The fourth-order valence-electron chi connectivity index (χ4n) is 5.81. The SMILES string of the molecule is CCCCC/C=C\C/C=C\CCCCCCCCOCC(CCN(C)CCN(C)C)OCCCCCCCC/C=C\C/C=C\CCCCC. The van der Waals surface area contributed by atoms with Crippen molar-refractivity contribution in [3.63, 3.8) is 0 Å². The van der Waals surface area contributed by atoms with Crippen LogP contribution in [0, 0.1) is 0 Å². The first kappa shape index (κ1) is 47.8. The summed E-state index contributed by atoms with van der Waals surface area (Å²) in [6.07, 6.45) is 50.8. The zero-order valence-electron chi connectivity index (χ0n) is 33.8. The van der Waals surface area contributed by atoms with Gasteiger partial charge >= 0.3 is 0 Å². The van der Waals surface area contributed by atoms with Crippen molar-refractivity contribution in [3.8, 4) is 0 Å². The molecule has 0 aromatic rings. The first-order valence-electron chi connectivity index (χ1n) is 21.2. The van der Waals surface area contributed by atoms with E-state index < -0.39 is 0 Å². The Labute approximate surface area is 308 Å². The molecule has 0 aliphatic rings. The van der Waals surface area contributed by atoms with Crippen LogP contribution in [0.3, 0.4) is 0 Å². The van der Waals surface area contributed by atoms with Crippen molar-refractivity contribution < 1.29 is 9.47 Å². The maximum Gasteiger partial charge on any atom is 0.0820 e. The van der Waals surface area contributed by atoms with Gasteiger partial charge in [0.15, 0.2) is 0 Å². The van der Waals surface area contributed by atoms with E-state index in [2.05, 4.69) is 93.4 Å². The Morgan fingerprint density at radius 3 is 1.35 bits per heavy atom. The predicted octanol–water partition coefficient (Wildman–Crippen LogP) is 12.9. The molecule has 0 aromatic carbocycles. The maximum absolute atomic E-state index is 6.38. The van der Waals surface area contributed by atoms with Gasteiger partial charge in [-0.05, 0) is 105 Å². The van der Waals surface area contributed by atoms with Gasteiger partial charge in [-0.3, -0.25) is 0 Å². The molecular formula is C45H86N2O2. The minimum absolute atomic E-state index is 0.212. The molecule has 1 atom stereocenters. The smallest absolute Gasteiger partial charge is 0.0820 e. The monoisotopic (exact) mass is 687 g/mol. The lowest BCUT2D eigenvalue weighted by atomic mass is 10.1. The highest BCUT2D eigenvalue weighted by atomic mass is 16.5. The summed E-state index contributed by atoms with van der Waals surface area (Å²) in [5, 5.41) is 0. The molecule has 0 bridgehead atoms. The fourth-order valence-corrected chi connectivity index (χ4v) is 5.81. The van der Waals surface area contributed by atoms with Crippen molar-refractivity contribution in [3.05, 3.63) is 48.6 Å². The fraction of sp³-hybridized carbons (Fsp3) is 0.822. The van der Waals surface area contributed by atoms with Crippen LogP contribution in [0.4, 0.5) is 0 Å².